The lowest BCUT2D eigenvalue weighted by atomic mass is 10.0. The smallest absolute Gasteiger partial charge is 0.306 e. The highest BCUT2D eigenvalue weighted by atomic mass is 16.6. The molecule has 0 bridgehead atoms. The second-order valence-corrected chi connectivity index (χ2v) is 23.8. The molecule has 0 heterocycles. The number of unbranched alkanes of at least 4 members (excludes halogenated alkanes) is 52. The van der Waals surface area contributed by atoms with Gasteiger partial charge < -0.3 is 14.2 Å². The van der Waals surface area contributed by atoms with Gasteiger partial charge >= 0.3 is 17.9 Å². The van der Waals surface area contributed by atoms with E-state index >= 15 is 0 Å². The van der Waals surface area contributed by atoms with Crippen LogP contribution in [-0.4, -0.2) is 37.2 Å². The van der Waals surface area contributed by atoms with Crippen LogP contribution in [0, 0.1) is 0 Å². The number of hydrogen-bond acceptors (Lipinski definition) is 6. The Balaban J connectivity index is 3.93. The van der Waals surface area contributed by atoms with E-state index in [1.165, 1.54) is 295 Å². The zero-order valence-corrected chi connectivity index (χ0v) is 51.8. The monoisotopic (exact) mass is 1070 g/mol. The molecule has 0 aromatic carbocycles. The third-order valence-electron chi connectivity index (χ3n) is 16.0. The molecule has 0 fully saturated rings. The molecule has 0 rings (SSSR count). The molecule has 0 N–H and O–H groups in total. The van der Waals surface area contributed by atoms with Gasteiger partial charge in [0.05, 0.1) is 0 Å². The van der Waals surface area contributed by atoms with Crippen molar-refractivity contribution in [2.45, 2.75) is 406 Å². The predicted octanol–water partition coefficient (Wildman–Crippen LogP) is 23.6. The Morgan fingerprint density at radius 1 is 0.250 bits per heavy atom. The molecule has 6 nitrogen and oxygen atoms in total. The lowest BCUT2D eigenvalue weighted by Gasteiger charge is -2.18. The minimum absolute atomic E-state index is 0.0677. The SMILES string of the molecule is CCCCCCCCC/C=C\CCCCCCCC(=O)OC(COC(=O)CCCCCCCCCC)COC(=O)CCCCCCCCCCCCCCCCCCCCCCCCCCCCCCCCCCCC. The molecular formula is C70H134O6. The van der Waals surface area contributed by atoms with E-state index in [1.807, 2.05) is 0 Å². The van der Waals surface area contributed by atoms with Crippen molar-refractivity contribution in [3.05, 3.63) is 12.2 Å². The molecule has 1 atom stereocenters. The number of hydrogen-bond donors (Lipinski definition) is 0. The Bertz CT molecular complexity index is 1180. The number of rotatable bonds is 65. The van der Waals surface area contributed by atoms with Gasteiger partial charge in [0.25, 0.3) is 0 Å². The Morgan fingerprint density at radius 2 is 0.434 bits per heavy atom. The van der Waals surface area contributed by atoms with Gasteiger partial charge in [-0.2, -0.15) is 0 Å². The van der Waals surface area contributed by atoms with Crippen molar-refractivity contribution in [3.8, 4) is 0 Å². The molecule has 6 heteroatoms. The molecule has 76 heavy (non-hydrogen) atoms. The molecule has 0 aromatic rings. The lowest BCUT2D eigenvalue weighted by molar-refractivity contribution is -0.167. The number of allylic oxidation sites excluding steroid dienone is 2. The molecular weight excluding hydrogens is 937 g/mol. The first kappa shape index (κ1) is 74.2. The summed E-state index contributed by atoms with van der Waals surface area (Å²) in [5, 5.41) is 0. The standard InChI is InChI=1S/C70H134O6/c1-4-7-10-13-16-19-21-23-25-27-28-29-30-31-32-33-34-35-36-37-38-39-40-41-42-43-44-46-47-49-51-54-57-60-63-69(72)75-66-67(65-74-68(71)62-59-56-53-18-15-12-9-6-3)76-70(73)64-61-58-55-52-50-48-45-26-24-22-20-17-14-11-8-5-2/h26,45,67H,4-25,27-44,46-66H2,1-3H3/b45-26-. The second-order valence-electron chi connectivity index (χ2n) is 23.8. The minimum Gasteiger partial charge on any atom is -0.462 e. The molecule has 0 aromatic heterocycles. The number of esters is 3. The summed E-state index contributed by atoms with van der Waals surface area (Å²) in [6.45, 7) is 6.67. The predicted molar refractivity (Wildman–Crippen MR) is 330 cm³/mol. The topological polar surface area (TPSA) is 78.9 Å². The van der Waals surface area contributed by atoms with Crippen LogP contribution >= 0.6 is 0 Å². The largest absolute Gasteiger partial charge is 0.462 e. The minimum atomic E-state index is -0.769. The molecule has 0 aliphatic heterocycles. The van der Waals surface area contributed by atoms with Crippen LogP contribution in [0.1, 0.15) is 400 Å². The number of carbonyl (C=O) groups excluding carboxylic acids is 3. The summed E-state index contributed by atoms with van der Waals surface area (Å²) in [6, 6.07) is 0. The quantitative estimate of drug-likeness (QED) is 0.0261. The summed E-state index contributed by atoms with van der Waals surface area (Å²) >= 11 is 0. The van der Waals surface area contributed by atoms with Gasteiger partial charge in [0.2, 0.25) is 0 Å². The van der Waals surface area contributed by atoms with Crippen LogP contribution in [0.2, 0.25) is 0 Å². The van der Waals surface area contributed by atoms with E-state index in [0.717, 1.165) is 64.2 Å². The van der Waals surface area contributed by atoms with Gasteiger partial charge in [0, 0.05) is 19.3 Å². The van der Waals surface area contributed by atoms with Crippen LogP contribution in [0.5, 0.6) is 0 Å². The average molecular weight is 1070 g/mol. The van der Waals surface area contributed by atoms with E-state index in [2.05, 4.69) is 32.9 Å². The summed E-state index contributed by atoms with van der Waals surface area (Å²) in [5.74, 6) is -0.854. The average Bonchev–Trinajstić information content (AvgIpc) is 3.42. The van der Waals surface area contributed by atoms with E-state index < -0.39 is 6.10 Å². The zero-order chi connectivity index (χ0) is 55.0. The van der Waals surface area contributed by atoms with Crippen molar-refractivity contribution >= 4 is 17.9 Å². The Morgan fingerprint density at radius 3 is 0.658 bits per heavy atom. The normalized spacial score (nSPS) is 12.0. The van der Waals surface area contributed by atoms with E-state index in [9.17, 15) is 14.4 Å². The summed E-state index contributed by atoms with van der Waals surface area (Å²) in [5.41, 5.74) is 0. The zero-order valence-electron chi connectivity index (χ0n) is 51.8. The first-order valence-corrected chi connectivity index (χ1v) is 34.7. The van der Waals surface area contributed by atoms with Crippen molar-refractivity contribution in [2.75, 3.05) is 13.2 Å². The van der Waals surface area contributed by atoms with Gasteiger partial charge in [0.1, 0.15) is 13.2 Å². The van der Waals surface area contributed by atoms with E-state index in [0.29, 0.717) is 19.3 Å². The molecule has 0 aliphatic rings. The van der Waals surface area contributed by atoms with Crippen molar-refractivity contribution in [1.82, 2.24) is 0 Å². The first-order valence-electron chi connectivity index (χ1n) is 34.7. The van der Waals surface area contributed by atoms with Gasteiger partial charge in [-0.15, -0.1) is 0 Å². The van der Waals surface area contributed by atoms with Crippen LogP contribution in [0.4, 0.5) is 0 Å². The van der Waals surface area contributed by atoms with Gasteiger partial charge in [-0.05, 0) is 44.9 Å². The van der Waals surface area contributed by atoms with Gasteiger partial charge in [-0.1, -0.05) is 348 Å². The molecule has 0 saturated heterocycles. The molecule has 450 valence electrons. The third-order valence-corrected chi connectivity index (χ3v) is 16.0. The van der Waals surface area contributed by atoms with Crippen molar-refractivity contribution in [2.24, 2.45) is 0 Å². The lowest BCUT2D eigenvalue weighted by Crippen LogP contribution is -2.30. The van der Waals surface area contributed by atoms with Crippen molar-refractivity contribution in [1.29, 1.82) is 0 Å². The van der Waals surface area contributed by atoms with E-state index in [4.69, 9.17) is 14.2 Å². The fourth-order valence-corrected chi connectivity index (χ4v) is 10.8. The highest BCUT2D eigenvalue weighted by Gasteiger charge is 2.19. The number of ether oxygens (including phenoxy) is 3. The van der Waals surface area contributed by atoms with Crippen molar-refractivity contribution in [3.63, 3.8) is 0 Å². The first-order chi connectivity index (χ1) is 37.5. The number of carbonyl (C=O) groups is 3. The molecule has 0 spiro atoms. The third kappa shape index (κ3) is 63.0. The van der Waals surface area contributed by atoms with Crippen LogP contribution in [0.3, 0.4) is 0 Å². The fraction of sp³-hybridized carbons (Fsp3) is 0.929. The molecule has 0 aliphatic carbocycles. The summed E-state index contributed by atoms with van der Waals surface area (Å²) in [4.78, 5) is 38.1. The van der Waals surface area contributed by atoms with Crippen molar-refractivity contribution < 1.29 is 28.6 Å². The fourth-order valence-electron chi connectivity index (χ4n) is 10.8. The van der Waals surface area contributed by atoms with E-state index in [1.54, 1.807) is 0 Å². The van der Waals surface area contributed by atoms with Gasteiger partial charge in [0.15, 0.2) is 6.10 Å². The van der Waals surface area contributed by atoms with Gasteiger partial charge in [-0.25, -0.2) is 0 Å². The maximum atomic E-state index is 12.8. The molecule has 0 radical (unpaired) electrons. The summed E-state index contributed by atoms with van der Waals surface area (Å²) in [6.07, 6.45) is 78.5. The summed E-state index contributed by atoms with van der Waals surface area (Å²) in [7, 11) is 0. The van der Waals surface area contributed by atoms with Crippen LogP contribution in [-0.2, 0) is 28.6 Å². The van der Waals surface area contributed by atoms with Crippen LogP contribution in [0.15, 0.2) is 12.2 Å². The summed E-state index contributed by atoms with van der Waals surface area (Å²) < 4.78 is 16.9. The highest BCUT2D eigenvalue weighted by Crippen LogP contribution is 2.19. The Labute approximate surface area is 475 Å². The van der Waals surface area contributed by atoms with E-state index in [-0.39, 0.29) is 31.1 Å². The maximum absolute atomic E-state index is 12.8. The molecule has 0 saturated carbocycles. The molecule has 0 amide bonds. The second kappa shape index (κ2) is 65.7. The Kier molecular flexibility index (Phi) is 64.1. The van der Waals surface area contributed by atoms with Crippen LogP contribution in [0.25, 0.3) is 0 Å². The molecule has 1 unspecified atom stereocenters. The van der Waals surface area contributed by atoms with Gasteiger partial charge in [-0.3, -0.25) is 14.4 Å². The Hall–Kier alpha value is -1.85. The highest BCUT2D eigenvalue weighted by molar-refractivity contribution is 5.71. The van der Waals surface area contributed by atoms with Crippen LogP contribution < -0.4 is 0 Å². The maximum Gasteiger partial charge on any atom is 0.306 e.